The second kappa shape index (κ2) is 6.95. The van der Waals surface area contributed by atoms with Gasteiger partial charge in [-0.05, 0) is 36.1 Å². The van der Waals surface area contributed by atoms with E-state index >= 15 is 0 Å². The fraction of sp³-hybridized carbons (Fsp3) is 0.278. The average molecular weight is 317 g/mol. The topological polar surface area (TPSA) is 46.3 Å². The molecule has 1 unspecified atom stereocenters. The first-order valence-electron chi connectivity index (χ1n) is 7.35. The van der Waals surface area contributed by atoms with Gasteiger partial charge >= 0.3 is 0 Å². The van der Waals surface area contributed by atoms with Crippen molar-refractivity contribution in [2.45, 2.75) is 25.8 Å². The van der Waals surface area contributed by atoms with Crippen LogP contribution in [-0.2, 0) is 11.2 Å². The quantitative estimate of drug-likeness (QED) is 0.943. The number of nitrogens with two attached hydrogens (primary N) is 1. The van der Waals surface area contributed by atoms with E-state index in [1.165, 1.54) is 11.1 Å². The third-order valence-electron chi connectivity index (χ3n) is 4.06. The Labute approximate surface area is 137 Å². The van der Waals surface area contributed by atoms with Gasteiger partial charge in [-0.15, -0.1) is 12.4 Å². The van der Waals surface area contributed by atoms with Crippen LogP contribution in [0.2, 0.25) is 0 Å². The van der Waals surface area contributed by atoms with E-state index in [4.69, 9.17) is 5.73 Å². The van der Waals surface area contributed by atoms with Crippen molar-refractivity contribution in [1.82, 2.24) is 0 Å². The van der Waals surface area contributed by atoms with Crippen LogP contribution in [0.3, 0.4) is 0 Å². The van der Waals surface area contributed by atoms with Crippen molar-refractivity contribution in [2.24, 2.45) is 5.73 Å². The molecule has 1 amide bonds. The maximum Gasteiger partial charge on any atom is 0.228 e. The Kier molecular flexibility index (Phi) is 5.22. The van der Waals surface area contributed by atoms with Gasteiger partial charge in [0.25, 0.3) is 0 Å². The number of carbonyl (C=O) groups is 1. The number of hydrogen-bond acceptors (Lipinski definition) is 2. The Balaban J connectivity index is 0.00000176. The van der Waals surface area contributed by atoms with Gasteiger partial charge in [0, 0.05) is 24.7 Å². The number of carbonyl (C=O) groups excluding carboxylic acids is 1. The fourth-order valence-electron chi connectivity index (χ4n) is 2.86. The van der Waals surface area contributed by atoms with E-state index in [-0.39, 0.29) is 24.4 Å². The largest absolute Gasteiger partial charge is 0.324 e. The summed E-state index contributed by atoms with van der Waals surface area (Å²) in [6, 6.07) is 15.9. The summed E-state index contributed by atoms with van der Waals surface area (Å²) in [5, 5.41) is 0. The molecule has 1 atom stereocenters. The van der Waals surface area contributed by atoms with Crippen LogP contribution in [0.15, 0.2) is 48.5 Å². The van der Waals surface area contributed by atoms with Crippen molar-refractivity contribution in [3.63, 3.8) is 0 Å². The number of halogens is 1. The lowest BCUT2D eigenvalue weighted by Crippen LogP contribution is -2.31. The number of anilines is 1. The first-order chi connectivity index (χ1) is 10.1. The van der Waals surface area contributed by atoms with Gasteiger partial charge in [-0.3, -0.25) is 4.79 Å². The van der Waals surface area contributed by atoms with E-state index in [0.717, 1.165) is 24.2 Å². The first kappa shape index (κ1) is 16.5. The normalized spacial score (nSPS) is 14.2. The third-order valence-corrected chi connectivity index (χ3v) is 4.06. The minimum atomic E-state index is -0.243. The van der Waals surface area contributed by atoms with E-state index in [9.17, 15) is 4.79 Å². The molecule has 22 heavy (non-hydrogen) atoms. The molecule has 3 nitrogen and oxygen atoms in total. The molecule has 0 aliphatic carbocycles. The lowest BCUT2D eigenvalue weighted by Gasteiger charge is -2.20. The molecule has 0 saturated heterocycles. The van der Waals surface area contributed by atoms with Crippen molar-refractivity contribution in [3.8, 4) is 0 Å². The highest BCUT2D eigenvalue weighted by atomic mass is 35.5. The summed E-state index contributed by atoms with van der Waals surface area (Å²) in [6.45, 7) is 2.82. The number of rotatable bonds is 3. The summed E-state index contributed by atoms with van der Waals surface area (Å²) in [7, 11) is 0. The van der Waals surface area contributed by atoms with Crippen LogP contribution in [0.25, 0.3) is 0 Å². The maximum absolute atomic E-state index is 12.5. The highest BCUT2D eigenvalue weighted by Crippen LogP contribution is 2.30. The Morgan fingerprint density at radius 1 is 1.23 bits per heavy atom. The Morgan fingerprint density at radius 3 is 2.68 bits per heavy atom. The van der Waals surface area contributed by atoms with Crippen LogP contribution in [-0.4, -0.2) is 12.5 Å². The molecule has 1 aliphatic rings. The summed E-state index contributed by atoms with van der Waals surface area (Å²) in [5.74, 6) is 0.107. The van der Waals surface area contributed by atoms with Crippen LogP contribution >= 0.6 is 12.4 Å². The van der Waals surface area contributed by atoms with Crippen LogP contribution in [0.1, 0.15) is 29.2 Å². The molecular weight excluding hydrogens is 296 g/mol. The summed E-state index contributed by atoms with van der Waals surface area (Å²) in [5.41, 5.74) is 10.7. The van der Waals surface area contributed by atoms with Crippen LogP contribution < -0.4 is 10.6 Å². The van der Waals surface area contributed by atoms with E-state index in [0.29, 0.717) is 6.42 Å². The first-order valence-corrected chi connectivity index (χ1v) is 7.35. The number of fused-ring (bicyclic) bond motifs is 1. The average Bonchev–Trinajstić information content (AvgIpc) is 2.91. The van der Waals surface area contributed by atoms with E-state index in [1.807, 2.05) is 35.2 Å². The lowest BCUT2D eigenvalue weighted by molar-refractivity contribution is -0.118. The molecule has 2 N–H and O–H groups in total. The molecule has 2 aromatic carbocycles. The minimum absolute atomic E-state index is 0. The van der Waals surface area contributed by atoms with Crippen molar-refractivity contribution in [3.05, 3.63) is 65.2 Å². The summed E-state index contributed by atoms with van der Waals surface area (Å²) < 4.78 is 0. The number of benzene rings is 2. The molecule has 0 aromatic heterocycles. The smallest absolute Gasteiger partial charge is 0.228 e. The van der Waals surface area contributed by atoms with E-state index in [2.05, 4.69) is 25.1 Å². The Bertz CT molecular complexity index is 657. The van der Waals surface area contributed by atoms with Gasteiger partial charge in [-0.2, -0.15) is 0 Å². The third kappa shape index (κ3) is 3.32. The van der Waals surface area contributed by atoms with Crippen LogP contribution in [0.5, 0.6) is 0 Å². The molecule has 0 fully saturated rings. The van der Waals surface area contributed by atoms with Gasteiger partial charge in [0.1, 0.15) is 0 Å². The highest BCUT2D eigenvalue weighted by molar-refractivity contribution is 5.96. The molecule has 4 heteroatoms. The number of amides is 1. The molecule has 1 heterocycles. The molecule has 1 aliphatic heterocycles. The number of hydrogen-bond donors (Lipinski definition) is 1. The molecule has 3 rings (SSSR count). The van der Waals surface area contributed by atoms with Crippen molar-refractivity contribution in [2.75, 3.05) is 11.4 Å². The summed E-state index contributed by atoms with van der Waals surface area (Å²) >= 11 is 0. The monoisotopic (exact) mass is 316 g/mol. The predicted molar refractivity (Wildman–Crippen MR) is 92.5 cm³/mol. The number of aryl methyl sites for hydroxylation is 1. The molecule has 0 saturated carbocycles. The van der Waals surface area contributed by atoms with Gasteiger partial charge in [-0.25, -0.2) is 0 Å². The van der Waals surface area contributed by atoms with Gasteiger partial charge < -0.3 is 10.6 Å². The van der Waals surface area contributed by atoms with Crippen LogP contribution in [0, 0.1) is 6.92 Å². The summed E-state index contributed by atoms with van der Waals surface area (Å²) in [6.07, 6.45) is 1.28. The Morgan fingerprint density at radius 2 is 1.95 bits per heavy atom. The zero-order chi connectivity index (χ0) is 14.8. The molecular formula is C18H21ClN2O. The van der Waals surface area contributed by atoms with Crippen LogP contribution in [0.4, 0.5) is 5.69 Å². The highest BCUT2D eigenvalue weighted by Gasteiger charge is 2.25. The fourth-order valence-corrected chi connectivity index (χ4v) is 2.86. The van der Waals surface area contributed by atoms with Crippen molar-refractivity contribution >= 4 is 24.0 Å². The second-order valence-electron chi connectivity index (χ2n) is 5.65. The molecule has 0 bridgehead atoms. The molecule has 116 valence electrons. The second-order valence-corrected chi connectivity index (χ2v) is 5.65. The standard InChI is InChI=1S/C18H20N2O.ClH/c1-13-7-8-15-9-10-20(17(15)11-13)18(21)12-16(19)14-5-3-2-4-6-14;/h2-8,11,16H,9-10,12,19H2,1H3;1H. The van der Waals surface area contributed by atoms with Gasteiger partial charge in [-0.1, -0.05) is 42.5 Å². The Hall–Kier alpha value is -1.84. The SMILES string of the molecule is Cc1ccc2c(c1)N(C(=O)CC(N)c1ccccc1)CC2.Cl. The summed E-state index contributed by atoms with van der Waals surface area (Å²) in [4.78, 5) is 14.4. The zero-order valence-electron chi connectivity index (χ0n) is 12.7. The zero-order valence-corrected chi connectivity index (χ0v) is 13.5. The van der Waals surface area contributed by atoms with Crippen molar-refractivity contribution in [1.29, 1.82) is 0 Å². The molecule has 0 spiro atoms. The van der Waals surface area contributed by atoms with Gasteiger partial charge in [0.05, 0.1) is 0 Å². The molecule has 0 radical (unpaired) electrons. The van der Waals surface area contributed by atoms with Gasteiger partial charge in [0.2, 0.25) is 5.91 Å². The van der Waals surface area contributed by atoms with Crippen molar-refractivity contribution < 1.29 is 4.79 Å². The predicted octanol–water partition coefficient (Wildman–Crippen LogP) is 3.40. The maximum atomic E-state index is 12.5. The lowest BCUT2D eigenvalue weighted by atomic mass is 10.0. The molecule has 2 aromatic rings. The van der Waals surface area contributed by atoms with Gasteiger partial charge in [0.15, 0.2) is 0 Å². The van der Waals surface area contributed by atoms with E-state index in [1.54, 1.807) is 0 Å². The minimum Gasteiger partial charge on any atom is -0.324 e. The van der Waals surface area contributed by atoms with E-state index < -0.39 is 0 Å². The number of nitrogens with zero attached hydrogens (tertiary/aromatic N) is 1.